The van der Waals surface area contributed by atoms with Crippen molar-refractivity contribution in [2.45, 2.75) is 63.6 Å². The van der Waals surface area contributed by atoms with E-state index < -0.39 is 11.6 Å². The molecule has 6 rings (SSSR count). The fourth-order valence-electron chi connectivity index (χ4n) is 4.71. The van der Waals surface area contributed by atoms with Crippen LogP contribution in [0.2, 0.25) is 0 Å². The number of rotatable bonds is 5. The summed E-state index contributed by atoms with van der Waals surface area (Å²) in [6.45, 7) is 4.62. The fourth-order valence-corrected chi connectivity index (χ4v) is 4.71. The molecule has 2 aliphatic rings. The molecule has 0 amide bonds. The van der Waals surface area contributed by atoms with E-state index in [1.54, 1.807) is 6.20 Å². The lowest BCUT2D eigenvalue weighted by atomic mass is 9.92. The Labute approximate surface area is 195 Å². The third kappa shape index (κ3) is 3.77. The van der Waals surface area contributed by atoms with Crippen LogP contribution in [0.15, 0.2) is 36.8 Å². The zero-order chi connectivity index (χ0) is 23.4. The normalized spacial score (nSPS) is 21.0. The lowest BCUT2D eigenvalue weighted by Crippen LogP contribution is -2.20. The Morgan fingerprint density at radius 3 is 2.68 bits per heavy atom. The number of halogens is 2. The second-order valence-electron chi connectivity index (χ2n) is 9.54. The van der Waals surface area contributed by atoms with E-state index in [-0.39, 0.29) is 23.6 Å². The number of hydrogen-bond acceptors (Lipinski definition) is 5. The molecule has 9 heteroatoms. The van der Waals surface area contributed by atoms with Crippen LogP contribution in [0.3, 0.4) is 0 Å². The molecule has 1 saturated carbocycles. The van der Waals surface area contributed by atoms with Gasteiger partial charge in [0.1, 0.15) is 17.5 Å². The molecule has 1 aliphatic heterocycles. The van der Waals surface area contributed by atoms with E-state index in [4.69, 9.17) is 14.7 Å². The highest BCUT2D eigenvalue weighted by Crippen LogP contribution is 2.40. The van der Waals surface area contributed by atoms with Crippen molar-refractivity contribution in [2.24, 2.45) is 0 Å². The van der Waals surface area contributed by atoms with Crippen LogP contribution in [0.25, 0.3) is 22.3 Å². The first kappa shape index (κ1) is 21.3. The highest BCUT2D eigenvalue weighted by atomic mass is 19.1. The first-order chi connectivity index (χ1) is 16.5. The smallest absolute Gasteiger partial charge is 0.162 e. The van der Waals surface area contributed by atoms with E-state index in [0.29, 0.717) is 41.6 Å². The van der Waals surface area contributed by atoms with Gasteiger partial charge in [0.05, 0.1) is 35.6 Å². The predicted molar refractivity (Wildman–Crippen MR) is 122 cm³/mol. The molecule has 176 valence electrons. The van der Waals surface area contributed by atoms with Gasteiger partial charge >= 0.3 is 0 Å². The second-order valence-corrected chi connectivity index (χ2v) is 9.54. The average molecular weight is 465 g/mol. The van der Waals surface area contributed by atoms with Gasteiger partial charge in [-0.2, -0.15) is 10.2 Å². The monoisotopic (exact) mass is 464 g/mol. The molecule has 2 atom stereocenters. The summed E-state index contributed by atoms with van der Waals surface area (Å²) in [5.74, 6) is -0.606. The van der Waals surface area contributed by atoms with Crippen LogP contribution in [0.5, 0.6) is 0 Å². The number of fused-ring (bicyclic) bond motifs is 1. The molecule has 2 fully saturated rings. The van der Waals surface area contributed by atoms with Gasteiger partial charge in [0.2, 0.25) is 0 Å². The summed E-state index contributed by atoms with van der Waals surface area (Å²) in [6, 6.07) is 4.16. The Bertz CT molecular complexity index is 1360. The maximum absolute atomic E-state index is 14.8. The van der Waals surface area contributed by atoms with E-state index in [9.17, 15) is 8.78 Å². The molecule has 7 nitrogen and oxygen atoms in total. The van der Waals surface area contributed by atoms with Crippen molar-refractivity contribution in [1.29, 1.82) is 0 Å². The molecule has 1 aromatic carbocycles. The number of hydrogen-bond donors (Lipinski definition) is 0. The van der Waals surface area contributed by atoms with Crippen molar-refractivity contribution in [3.05, 3.63) is 59.8 Å². The number of benzene rings is 1. The molecule has 0 N–H and O–H groups in total. The van der Waals surface area contributed by atoms with Crippen molar-refractivity contribution in [3.8, 4) is 11.3 Å². The van der Waals surface area contributed by atoms with Gasteiger partial charge in [-0.1, -0.05) is 0 Å². The van der Waals surface area contributed by atoms with Crippen molar-refractivity contribution < 1.29 is 13.5 Å². The van der Waals surface area contributed by atoms with Crippen LogP contribution < -0.4 is 0 Å². The minimum absolute atomic E-state index is 0.0326. The van der Waals surface area contributed by atoms with E-state index in [1.807, 2.05) is 29.4 Å². The van der Waals surface area contributed by atoms with Crippen molar-refractivity contribution in [1.82, 2.24) is 29.5 Å². The molecule has 1 saturated heterocycles. The van der Waals surface area contributed by atoms with E-state index in [0.717, 1.165) is 18.1 Å². The molecule has 0 spiro atoms. The topological polar surface area (TPSA) is 70.7 Å². The Morgan fingerprint density at radius 2 is 1.91 bits per heavy atom. The molecule has 3 aromatic heterocycles. The van der Waals surface area contributed by atoms with Crippen LogP contribution in [-0.4, -0.2) is 36.1 Å². The standard InChI is InChI=1S/C25H26F2N6O/c1-14(2)33-25-20(12-29-33)23(19-6-3-17(26)10-21(19)27)30-24(31-25)15-7-8-34-22(9-15)16-11-28-32(13-16)18-4-5-18/h3,6,10-15,18,22H,4-5,7-9H2,1-2H3/t15-,22-/m1/s1. The highest BCUT2D eigenvalue weighted by molar-refractivity contribution is 5.90. The zero-order valence-electron chi connectivity index (χ0n) is 19.2. The van der Waals surface area contributed by atoms with Gasteiger partial charge in [0, 0.05) is 42.0 Å². The Morgan fingerprint density at radius 1 is 1.06 bits per heavy atom. The number of aromatic nitrogens is 6. The first-order valence-corrected chi connectivity index (χ1v) is 11.8. The highest BCUT2D eigenvalue weighted by Gasteiger charge is 2.31. The third-order valence-corrected chi connectivity index (χ3v) is 6.71. The first-order valence-electron chi connectivity index (χ1n) is 11.8. The van der Waals surface area contributed by atoms with Gasteiger partial charge in [-0.25, -0.2) is 23.4 Å². The van der Waals surface area contributed by atoms with Crippen LogP contribution in [0, 0.1) is 11.6 Å². The maximum Gasteiger partial charge on any atom is 0.162 e. The molecular weight excluding hydrogens is 438 g/mol. The molecule has 0 radical (unpaired) electrons. The zero-order valence-corrected chi connectivity index (χ0v) is 19.2. The van der Waals surface area contributed by atoms with Crippen LogP contribution >= 0.6 is 0 Å². The van der Waals surface area contributed by atoms with Crippen LogP contribution in [0.1, 0.15) is 75.0 Å². The molecule has 34 heavy (non-hydrogen) atoms. The molecule has 0 bridgehead atoms. The molecule has 1 aliphatic carbocycles. The summed E-state index contributed by atoms with van der Waals surface area (Å²) >= 11 is 0. The van der Waals surface area contributed by atoms with Crippen molar-refractivity contribution in [2.75, 3.05) is 6.61 Å². The van der Waals surface area contributed by atoms with E-state index in [2.05, 4.69) is 16.4 Å². The van der Waals surface area contributed by atoms with E-state index >= 15 is 0 Å². The molecule has 4 aromatic rings. The van der Waals surface area contributed by atoms with E-state index in [1.165, 1.54) is 25.0 Å². The second kappa shape index (κ2) is 8.23. The minimum Gasteiger partial charge on any atom is -0.373 e. The summed E-state index contributed by atoms with van der Waals surface area (Å²) in [6.07, 6.45) is 9.38. The van der Waals surface area contributed by atoms with Gasteiger partial charge < -0.3 is 4.74 Å². The number of ether oxygens (including phenoxy) is 1. The maximum atomic E-state index is 14.8. The summed E-state index contributed by atoms with van der Waals surface area (Å²) in [7, 11) is 0. The number of nitrogens with zero attached hydrogens (tertiary/aromatic N) is 6. The summed E-state index contributed by atoms with van der Waals surface area (Å²) in [4.78, 5) is 9.73. The summed E-state index contributed by atoms with van der Waals surface area (Å²) in [5.41, 5.74) is 2.40. The van der Waals surface area contributed by atoms with Gasteiger partial charge in [0.15, 0.2) is 5.65 Å². The van der Waals surface area contributed by atoms with Gasteiger partial charge in [-0.05, 0) is 51.7 Å². The molecular formula is C25H26F2N6O. The van der Waals surface area contributed by atoms with Crippen LogP contribution in [-0.2, 0) is 4.74 Å². The Balaban J connectivity index is 1.41. The SMILES string of the molecule is CC(C)n1ncc2c(-c3ccc(F)cc3F)nc([C@@H]3CCO[C@@H](c4cnn(C5CC5)c4)C3)nc21. The largest absolute Gasteiger partial charge is 0.373 e. The molecule has 0 unspecified atom stereocenters. The predicted octanol–water partition coefficient (Wildman–Crippen LogP) is 5.52. The molecule has 4 heterocycles. The fraction of sp³-hybridized carbons (Fsp3) is 0.440. The lowest BCUT2D eigenvalue weighted by molar-refractivity contribution is 0.00396. The Kier molecular flexibility index (Phi) is 5.17. The van der Waals surface area contributed by atoms with Gasteiger partial charge in [-0.3, -0.25) is 4.68 Å². The van der Waals surface area contributed by atoms with Crippen molar-refractivity contribution in [3.63, 3.8) is 0 Å². The van der Waals surface area contributed by atoms with Crippen LogP contribution in [0.4, 0.5) is 8.78 Å². The minimum atomic E-state index is -0.652. The Hall–Kier alpha value is -3.20. The van der Waals surface area contributed by atoms with Gasteiger partial charge in [-0.15, -0.1) is 0 Å². The third-order valence-electron chi connectivity index (χ3n) is 6.71. The quantitative estimate of drug-likeness (QED) is 0.389. The average Bonchev–Trinajstić information content (AvgIpc) is 3.38. The van der Waals surface area contributed by atoms with Crippen molar-refractivity contribution >= 4 is 11.0 Å². The van der Waals surface area contributed by atoms with Gasteiger partial charge in [0.25, 0.3) is 0 Å². The summed E-state index contributed by atoms with van der Waals surface area (Å²) < 4.78 is 38.3. The summed E-state index contributed by atoms with van der Waals surface area (Å²) in [5, 5.41) is 9.64. The lowest BCUT2D eigenvalue weighted by Gasteiger charge is -2.28.